The van der Waals surface area contributed by atoms with E-state index in [2.05, 4.69) is 15.3 Å². The molecular weight excluding hydrogens is 456 g/mol. The fourth-order valence-electron chi connectivity index (χ4n) is 3.62. The molecule has 0 bridgehead atoms. The van der Waals surface area contributed by atoms with Crippen molar-refractivity contribution < 1.29 is 31.8 Å². The lowest BCUT2D eigenvalue weighted by Crippen LogP contribution is -2.19. The Morgan fingerprint density at radius 2 is 2.00 bits per heavy atom. The topological polar surface area (TPSA) is 76.6 Å². The number of aromatic nitrogens is 2. The van der Waals surface area contributed by atoms with Crippen molar-refractivity contribution in [2.45, 2.75) is 26.3 Å². The van der Waals surface area contributed by atoms with E-state index in [1.54, 1.807) is 32.2 Å². The summed E-state index contributed by atoms with van der Waals surface area (Å²) < 4.78 is 65.4. The van der Waals surface area contributed by atoms with Crippen molar-refractivity contribution in [3.8, 4) is 11.6 Å². The number of alkyl halides is 3. The van der Waals surface area contributed by atoms with Gasteiger partial charge in [0, 0.05) is 31.4 Å². The number of hydrogen-bond donors (Lipinski definition) is 1. The molecule has 11 heteroatoms. The largest absolute Gasteiger partial charge is 0.495 e. The van der Waals surface area contributed by atoms with E-state index in [9.17, 15) is 22.4 Å². The molecule has 34 heavy (non-hydrogen) atoms. The first-order valence-corrected chi connectivity index (χ1v) is 10.1. The Bertz CT molecular complexity index is 1260. The molecule has 0 spiro atoms. The minimum absolute atomic E-state index is 0.130. The third-order valence-corrected chi connectivity index (χ3v) is 5.36. The molecule has 1 aliphatic heterocycles. The van der Waals surface area contributed by atoms with Crippen LogP contribution in [0.1, 0.15) is 32.6 Å². The number of amides is 1. The standard InChI is InChI=1S/C23H20F4N4O3/c1-12-7-18(33-3)17(8-16(12)24)29-22-28-9-15(23(25,26)27)20(30-22)34-11-14-6-4-5-13-10-31(2)21(32)19(13)14/h4-9H,10-11H2,1-3H3,(H,28,29,30). The minimum Gasteiger partial charge on any atom is -0.495 e. The summed E-state index contributed by atoms with van der Waals surface area (Å²) in [4.78, 5) is 21.5. The third-order valence-electron chi connectivity index (χ3n) is 5.36. The molecule has 1 amide bonds. The zero-order valence-electron chi connectivity index (χ0n) is 18.5. The van der Waals surface area contributed by atoms with Crippen LogP contribution in [0.4, 0.5) is 29.2 Å². The lowest BCUT2D eigenvalue weighted by Gasteiger charge is -2.16. The van der Waals surface area contributed by atoms with Gasteiger partial charge < -0.3 is 19.7 Å². The average molecular weight is 476 g/mol. The second-order valence-electron chi connectivity index (χ2n) is 7.74. The highest BCUT2D eigenvalue weighted by atomic mass is 19.4. The number of aryl methyl sites for hydroxylation is 1. The molecule has 0 fully saturated rings. The first-order valence-electron chi connectivity index (χ1n) is 10.1. The summed E-state index contributed by atoms with van der Waals surface area (Å²) in [5.41, 5.74) is 0.890. The van der Waals surface area contributed by atoms with Crippen LogP contribution in [0, 0.1) is 12.7 Å². The first kappa shape index (κ1) is 23.3. The summed E-state index contributed by atoms with van der Waals surface area (Å²) >= 11 is 0. The van der Waals surface area contributed by atoms with Crippen molar-refractivity contribution in [3.05, 3.63) is 70.2 Å². The molecule has 1 N–H and O–H groups in total. The van der Waals surface area contributed by atoms with Gasteiger partial charge in [-0.2, -0.15) is 18.2 Å². The van der Waals surface area contributed by atoms with E-state index < -0.39 is 23.4 Å². The van der Waals surface area contributed by atoms with Gasteiger partial charge in [0.25, 0.3) is 5.91 Å². The van der Waals surface area contributed by atoms with Gasteiger partial charge in [-0.25, -0.2) is 9.37 Å². The van der Waals surface area contributed by atoms with E-state index in [0.717, 1.165) is 11.6 Å². The van der Waals surface area contributed by atoms with Crippen LogP contribution in [0.2, 0.25) is 0 Å². The molecule has 1 aliphatic rings. The summed E-state index contributed by atoms with van der Waals surface area (Å²) in [6.07, 6.45) is -4.20. The third kappa shape index (κ3) is 4.45. The van der Waals surface area contributed by atoms with Crippen molar-refractivity contribution in [2.24, 2.45) is 0 Å². The van der Waals surface area contributed by atoms with Gasteiger partial charge in [0.15, 0.2) is 0 Å². The number of carbonyl (C=O) groups excluding carboxylic acids is 1. The fraction of sp³-hybridized carbons (Fsp3) is 0.261. The molecule has 2 heterocycles. The maximum Gasteiger partial charge on any atom is 0.423 e. The van der Waals surface area contributed by atoms with Crippen molar-refractivity contribution in [2.75, 3.05) is 19.5 Å². The molecule has 0 radical (unpaired) electrons. The highest BCUT2D eigenvalue weighted by Crippen LogP contribution is 2.37. The van der Waals surface area contributed by atoms with Crippen LogP contribution in [0.5, 0.6) is 11.6 Å². The summed E-state index contributed by atoms with van der Waals surface area (Å²) in [6.45, 7) is 1.64. The van der Waals surface area contributed by atoms with Crippen molar-refractivity contribution in [1.82, 2.24) is 14.9 Å². The van der Waals surface area contributed by atoms with Crippen LogP contribution in [0.25, 0.3) is 0 Å². The predicted octanol–water partition coefficient (Wildman–Crippen LogP) is 4.86. The Kier molecular flexibility index (Phi) is 6.03. The van der Waals surface area contributed by atoms with E-state index in [1.807, 2.05) is 0 Å². The number of rotatable bonds is 6. The maximum absolute atomic E-state index is 14.0. The Hall–Kier alpha value is -3.89. The van der Waals surface area contributed by atoms with Crippen LogP contribution in [-0.2, 0) is 19.3 Å². The van der Waals surface area contributed by atoms with Crippen molar-refractivity contribution in [1.29, 1.82) is 0 Å². The molecule has 0 aliphatic carbocycles. The molecule has 2 aromatic carbocycles. The second-order valence-corrected chi connectivity index (χ2v) is 7.74. The van der Waals surface area contributed by atoms with Gasteiger partial charge >= 0.3 is 6.18 Å². The van der Waals surface area contributed by atoms with Crippen LogP contribution < -0.4 is 14.8 Å². The molecule has 1 aromatic heterocycles. The SMILES string of the molecule is COc1cc(C)c(F)cc1Nc1ncc(C(F)(F)F)c(OCc2cccc3c2C(=O)N(C)C3)n1. The number of fused-ring (bicyclic) bond motifs is 1. The van der Waals surface area contributed by atoms with E-state index in [-0.39, 0.29) is 29.9 Å². The number of carbonyl (C=O) groups is 1. The molecular formula is C23H20F4N4O3. The van der Waals surface area contributed by atoms with Gasteiger partial charge in [0.1, 0.15) is 23.7 Å². The molecule has 3 aromatic rings. The quantitative estimate of drug-likeness (QED) is 0.512. The van der Waals surface area contributed by atoms with Crippen LogP contribution in [0.3, 0.4) is 0 Å². The smallest absolute Gasteiger partial charge is 0.423 e. The highest BCUT2D eigenvalue weighted by molar-refractivity contribution is 5.99. The predicted molar refractivity (Wildman–Crippen MR) is 115 cm³/mol. The van der Waals surface area contributed by atoms with Crippen molar-refractivity contribution in [3.63, 3.8) is 0 Å². The molecule has 0 atom stereocenters. The number of nitrogens with zero attached hydrogens (tertiary/aromatic N) is 3. The Morgan fingerprint density at radius 3 is 2.71 bits per heavy atom. The average Bonchev–Trinajstić information content (AvgIpc) is 3.08. The number of hydrogen-bond acceptors (Lipinski definition) is 6. The number of methoxy groups -OCH3 is 1. The van der Waals surface area contributed by atoms with Gasteiger partial charge in [0.2, 0.25) is 11.8 Å². The van der Waals surface area contributed by atoms with E-state index >= 15 is 0 Å². The van der Waals surface area contributed by atoms with Gasteiger partial charge in [-0.1, -0.05) is 18.2 Å². The summed E-state index contributed by atoms with van der Waals surface area (Å²) in [5.74, 6) is -1.50. The summed E-state index contributed by atoms with van der Waals surface area (Å²) in [6, 6.07) is 7.67. The molecule has 178 valence electrons. The van der Waals surface area contributed by atoms with Crippen LogP contribution in [-0.4, -0.2) is 34.9 Å². The lowest BCUT2D eigenvalue weighted by molar-refractivity contribution is -0.139. The van der Waals surface area contributed by atoms with Crippen molar-refractivity contribution >= 4 is 17.5 Å². The van der Waals surface area contributed by atoms with Gasteiger partial charge in [0.05, 0.1) is 18.4 Å². The summed E-state index contributed by atoms with van der Waals surface area (Å²) in [5, 5.41) is 2.67. The second kappa shape index (κ2) is 8.81. The Labute approximate surface area is 192 Å². The molecule has 0 saturated heterocycles. The Balaban J connectivity index is 1.66. The molecule has 0 saturated carbocycles. The first-order chi connectivity index (χ1) is 16.1. The minimum atomic E-state index is -4.78. The zero-order chi connectivity index (χ0) is 24.6. The lowest BCUT2D eigenvalue weighted by atomic mass is 10.0. The molecule has 0 unspecified atom stereocenters. The number of anilines is 2. The zero-order valence-corrected chi connectivity index (χ0v) is 18.5. The Morgan fingerprint density at radius 1 is 1.24 bits per heavy atom. The number of nitrogens with one attached hydrogen (secondary N) is 1. The normalized spacial score (nSPS) is 13.1. The van der Waals surface area contributed by atoms with Crippen LogP contribution in [0.15, 0.2) is 36.5 Å². The van der Waals surface area contributed by atoms with Gasteiger partial charge in [-0.15, -0.1) is 0 Å². The molecule has 7 nitrogen and oxygen atoms in total. The van der Waals surface area contributed by atoms with Gasteiger partial charge in [-0.3, -0.25) is 4.79 Å². The number of benzene rings is 2. The van der Waals surface area contributed by atoms with Crippen LogP contribution >= 0.6 is 0 Å². The van der Waals surface area contributed by atoms with E-state index in [1.165, 1.54) is 18.1 Å². The molecule has 4 rings (SSSR count). The van der Waals surface area contributed by atoms with E-state index in [0.29, 0.717) is 29.4 Å². The fourth-order valence-corrected chi connectivity index (χ4v) is 3.62. The van der Waals surface area contributed by atoms with Gasteiger partial charge in [-0.05, 0) is 24.1 Å². The highest BCUT2D eigenvalue weighted by Gasteiger charge is 2.37. The van der Waals surface area contributed by atoms with E-state index in [4.69, 9.17) is 9.47 Å². The maximum atomic E-state index is 14.0. The number of halogens is 4. The summed E-state index contributed by atoms with van der Waals surface area (Å²) in [7, 11) is 3.01. The number of ether oxygens (including phenoxy) is 2. The monoisotopic (exact) mass is 476 g/mol.